The maximum atomic E-state index is 11.6. The van der Waals surface area contributed by atoms with Crippen LogP contribution in [-0.2, 0) is 9.84 Å². The SMILES string of the molecule is Cc1c(Cl)ccc2c1S(=O)(=O)CC2=N. The van der Waals surface area contributed by atoms with Crippen LogP contribution in [-0.4, -0.2) is 19.9 Å². The van der Waals surface area contributed by atoms with Gasteiger partial charge in [0.1, 0.15) is 0 Å². The highest BCUT2D eigenvalue weighted by Crippen LogP contribution is 2.32. The molecule has 0 spiro atoms. The smallest absolute Gasteiger partial charge is 0.185 e. The number of nitrogens with one attached hydrogen (secondary N) is 1. The second kappa shape index (κ2) is 2.81. The van der Waals surface area contributed by atoms with Crippen LogP contribution < -0.4 is 0 Å². The van der Waals surface area contributed by atoms with Gasteiger partial charge in [-0.2, -0.15) is 0 Å². The third-order valence-corrected chi connectivity index (χ3v) is 4.54. The van der Waals surface area contributed by atoms with Crippen molar-refractivity contribution in [2.45, 2.75) is 11.8 Å². The van der Waals surface area contributed by atoms with Crippen molar-refractivity contribution in [1.29, 1.82) is 5.41 Å². The molecular formula is C9H8ClNO2S. The van der Waals surface area contributed by atoms with Crippen LogP contribution in [0.1, 0.15) is 11.1 Å². The average molecular weight is 230 g/mol. The standard InChI is InChI=1S/C9H8ClNO2S/c1-5-7(10)3-2-6-8(11)4-14(12,13)9(5)6/h2-3,11H,4H2,1H3. The van der Waals surface area contributed by atoms with Gasteiger partial charge in [0, 0.05) is 10.6 Å². The maximum absolute atomic E-state index is 11.6. The van der Waals surface area contributed by atoms with E-state index in [2.05, 4.69) is 0 Å². The molecule has 0 saturated heterocycles. The predicted octanol–water partition coefficient (Wildman–Crippen LogP) is 1.80. The summed E-state index contributed by atoms with van der Waals surface area (Å²) in [5, 5.41) is 7.96. The van der Waals surface area contributed by atoms with E-state index in [1.165, 1.54) is 0 Å². The van der Waals surface area contributed by atoms with Gasteiger partial charge in [-0.05, 0) is 18.6 Å². The van der Waals surface area contributed by atoms with E-state index in [9.17, 15) is 8.42 Å². The van der Waals surface area contributed by atoms with Gasteiger partial charge in [-0.25, -0.2) is 8.42 Å². The van der Waals surface area contributed by atoms with Crippen molar-refractivity contribution in [3.05, 3.63) is 28.3 Å². The lowest BCUT2D eigenvalue weighted by atomic mass is 10.1. The van der Waals surface area contributed by atoms with E-state index in [-0.39, 0.29) is 16.4 Å². The van der Waals surface area contributed by atoms with Crippen LogP contribution in [0, 0.1) is 12.3 Å². The van der Waals surface area contributed by atoms with Crippen molar-refractivity contribution in [1.82, 2.24) is 0 Å². The minimum Gasteiger partial charge on any atom is -0.304 e. The molecule has 0 saturated carbocycles. The zero-order chi connectivity index (χ0) is 10.5. The van der Waals surface area contributed by atoms with Crippen LogP contribution in [0.25, 0.3) is 0 Å². The van der Waals surface area contributed by atoms with Gasteiger partial charge in [0.25, 0.3) is 0 Å². The first-order chi connectivity index (χ1) is 6.43. The third-order valence-electron chi connectivity index (χ3n) is 2.31. The molecule has 1 heterocycles. The Bertz CT molecular complexity index is 534. The predicted molar refractivity (Wildman–Crippen MR) is 55.1 cm³/mol. The third kappa shape index (κ3) is 1.18. The summed E-state index contributed by atoms with van der Waals surface area (Å²) >= 11 is 5.83. The topological polar surface area (TPSA) is 58.0 Å². The number of sulfone groups is 1. The Balaban J connectivity index is 2.91. The van der Waals surface area contributed by atoms with Crippen LogP contribution >= 0.6 is 11.6 Å². The van der Waals surface area contributed by atoms with Crippen LogP contribution in [0.2, 0.25) is 5.02 Å². The molecule has 2 rings (SSSR count). The lowest BCUT2D eigenvalue weighted by molar-refractivity contribution is 0.601. The Hall–Kier alpha value is -0.870. The van der Waals surface area contributed by atoms with Crippen molar-refractivity contribution in [3.63, 3.8) is 0 Å². The maximum Gasteiger partial charge on any atom is 0.185 e. The summed E-state index contributed by atoms with van der Waals surface area (Å²) in [6.45, 7) is 1.66. The summed E-state index contributed by atoms with van der Waals surface area (Å²) in [6, 6.07) is 3.22. The molecule has 1 aromatic rings. The molecule has 0 amide bonds. The molecule has 1 aliphatic heterocycles. The summed E-state index contributed by atoms with van der Waals surface area (Å²) in [6.07, 6.45) is 0. The fourth-order valence-electron chi connectivity index (χ4n) is 1.65. The van der Waals surface area contributed by atoms with Gasteiger partial charge in [-0.3, -0.25) is 0 Å². The number of fused-ring (bicyclic) bond motifs is 1. The van der Waals surface area contributed by atoms with Crippen LogP contribution in [0.15, 0.2) is 17.0 Å². The number of benzene rings is 1. The molecule has 3 nitrogen and oxygen atoms in total. The summed E-state index contributed by atoms with van der Waals surface area (Å²) in [4.78, 5) is 0.231. The van der Waals surface area contributed by atoms with Crippen molar-refractivity contribution >= 4 is 27.1 Å². The molecule has 0 atom stereocenters. The molecule has 0 radical (unpaired) electrons. The first-order valence-corrected chi connectivity index (χ1v) is 6.06. The Morgan fingerprint density at radius 1 is 1.43 bits per heavy atom. The Morgan fingerprint density at radius 2 is 2.07 bits per heavy atom. The zero-order valence-electron chi connectivity index (χ0n) is 7.46. The second-order valence-electron chi connectivity index (χ2n) is 3.29. The molecule has 1 aliphatic rings. The van der Waals surface area contributed by atoms with E-state index in [1.54, 1.807) is 19.1 Å². The monoisotopic (exact) mass is 229 g/mol. The lowest BCUT2D eigenvalue weighted by Crippen LogP contribution is -2.03. The van der Waals surface area contributed by atoms with Gasteiger partial charge >= 0.3 is 0 Å². The van der Waals surface area contributed by atoms with E-state index >= 15 is 0 Å². The van der Waals surface area contributed by atoms with Gasteiger partial charge in [-0.15, -0.1) is 0 Å². The minimum absolute atomic E-state index is 0.153. The van der Waals surface area contributed by atoms with Crippen LogP contribution in [0.3, 0.4) is 0 Å². The molecule has 74 valence electrons. The summed E-state index contributed by atoms with van der Waals surface area (Å²) in [5.74, 6) is -0.205. The molecule has 14 heavy (non-hydrogen) atoms. The first kappa shape index (κ1) is 9.68. The van der Waals surface area contributed by atoms with Crippen LogP contribution in [0.4, 0.5) is 0 Å². The number of hydrogen-bond donors (Lipinski definition) is 1. The molecule has 0 bridgehead atoms. The average Bonchev–Trinajstić information content (AvgIpc) is 2.29. The van der Waals surface area contributed by atoms with Gasteiger partial charge in [-0.1, -0.05) is 17.7 Å². The van der Waals surface area contributed by atoms with E-state index in [4.69, 9.17) is 17.0 Å². The molecular weight excluding hydrogens is 222 g/mol. The van der Waals surface area contributed by atoms with Crippen molar-refractivity contribution < 1.29 is 8.42 Å². The fourth-order valence-corrected chi connectivity index (χ4v) is 3.64. The van der Waals surface area contributed by atoms with E-state index in [1.807, 2.05) is 0 Å². The summed E-state index contributed by atoms with van der Waals surface area (Å²) in [7, 11) is -3.32. The molecule has 5 heteroatoms. The van der Waals surface area contributed by atoms with Gasteiger partial charge in [0.2, 0.25) is 0 Å². The molecule has 1 aromatic carbocycles. The van der Waals surface area contributed by atoms with Gasteiger partial charge < -0.3 is 5.41 Å². The number of rotatable bonds is 0. The van der Waals surface area contributed by atoms with Gasteiger partial charge in [0.15, 0.2) is 9.84 Å². The molecule has 0 fully saturated rings. The molecule has 1 N–H and O–H groups in total. The Kier molecular flexibility index (Phi) is 1.94. The largest absolute Gasteiger partial charge is 0.304 e. The number of halogens is 1. The van der Waals surface area contributed by atoms with Crippen LogP contribution in [0.5, 0.6) is 0 Å². The normalized spacial score (nSPS) is 18.3. The summed E-state index contributed by atoms with van der Waals surface area (Å²) < 4.78 is 23.3. The van der Waals surface area contributed by atoms with Crippen molar-refractivity contribution in [2.75, 3.05) is 5.75 Å². The minimum atomic E-state index is -3.32. The lowest BCUT2D eigenvalue weighted by Gasteiger charge is -2.03. The Labute approximate surface area is 87.1 Å². The number of hydrogen-bond acceptors (Lipinski definition) is 3. The molecule has 0 unspecified atom stereocenters. The van der Waals surface area contributed by atoms with Crippen molar-refractivity contribution in [3.8, 4) is 0 Å². The molecule has 0 aliphatic carbocycles. The summed E-state index contributed by atoms with van der Waals surface area (Å²) in [5.41, 5.74) is 1.19. The second-order valence-corrected chi connectivity index (χ2v) is 5.62. The van der Waals surface area contributed by atoms with E-state index in [0.717, 1.165) is 0 Å². The van der Waals surface area contributed by atoms with E-state index in [0.29, 0.717) is 16.1 Å². The van der Waals surface area contributed by atoms with Crippen molar-refractivity contribution in [2.24, 2.45) is 0 Å². The highest BCUT2D eigenvalue weighted by molar-refractivity contribution is 7.92. The Morgan fingerprint density at radius 3 is 2.71 bits per heavy atom. The first-order valence-electron chi connectivity index (χ1n) is 4.03. The quantitative estimate of drug-likeness (QED) is 0.738. The highest BCUT2D eigenvalue weighted by Gasteiger charge is 2.32. The zero-order valence-corrected chi connectivity index (χ0v) is 9.04. The fraction of sp³-hybridized carbons (Fsp3) is 0.222. The highest BCUT2D eigenvalue weighted by atomic mass is 35.5. The van der Waals surface area contributed by atoms with E-state index < -0.39 is 9.84 Å². The molecule has 0 aromatic heterocycles. The van der Waals surface area contributed by atoms with Gasteiger partial charge in [0.05, 0.1) is 16.4 Å².